The Morgan fingerprint density at radius 3 is 1.69 bits per heavy atom. The molecule has 98 valence electrons. The maximum Gasteiger partial charge on any atom is 0.305 e. The average molecular weight is 234 g/mol. The summed E-state index contributed by atoms with van der Waals surface area (Å²) in [7, 11) is 0. The number of carboxylic acid groups (broad SMARTS) is 1. The molecule has 16 heavy (non-hydrogen) atoms. The molecule has 0 radical (unpaired) electrons. The largest absolute Gasteiger partial charge is 0.481 e. The number of aliphatic carboxylic acids is 1. The Morgan fingerprint density at radius 2 is 1.50 bits per heavy atom. The molecule has 0 amide bonds. The lowest BCUT2D eigenvalue weighted by molar-refractivity contribution is -0.140. The third kappa shape index (κ3) is 8.68. The summed E-state index contributed by atoms with van der Waals surface area (Å²) in [5, 5.41) is 26.1. The molecule has 0 aliphatic carbocycles. The highest BCUT2D eigenvalue weighted by molar-refractivity contribution is 5.68. The second kappa shape index (κ2) is 9.60. The average Bonchev–Trinajstić information content (AvgIpc) is 2.26. The number of rotatable bonds is 5. The first kappa shape index (κ1) is 17.8. The van der Waals surface area contributed by atoms with E-state index in [4.69, 9.17) is 10.2 Å². The van der Waals surface area contributed by atoms with Gasteiger partial charge in [0.25, 0.3) is 0 Å². The predicted molar refractivity (Wildman–Crippen MR) is 64.2 cm³/mol. The lowest BCUT2D eigenvalue weighted by Gasteiger charge is -2.21. The smallest absolute Gasteiger partial charge is 0.305 e. The number of hydrogen-bond donors (Lipinski definition) is 3. The summed E-state index contributed by atoms with van der Waals surface area (Å²) in [6.07, 6.45) is 0.612. The number of aliphatic hydroxyl groups excluding tert-OH is 2. The van der Waals surface area contributed by atoms with Gasteiger partial charge >= 0.3 is 5.97 Å². The van der Waals surface area contributed by atoms with Crippen molar-refractivity contribution in [3.63, 3.8) is 0 Å². The van der Waals surface area contributed by atoms with Crippen LogP contribution in [0.3, 0.4) is 0 Å². The van der Waals surface area contributed by atoms with Crippen LogP contribution < -0.4 is 0 Å². The summed E-state index contributed by atoms with van der Waals surface area (Å²) in [5.41, 5.74) is 0. The van der Waals surface area contributed by atoms with Gasteiger partial charge in [-0.05, 0) is 5.92 Å². The number of aliphatic hydroxyl groups is 2. The molecule has 0 aromatic heterocycles. The van der Waals surface area contributed by atoms with Gasteiger partial charge in [0, 0.05) is 12.5 Å². The van der Waals surface area contributed by atoms with Gasteiger partial charge in [-0.15, -0.1) is 0 Å². The minimum atomic E-state index is -0.741. The number of hydrogen-bond acceptors (Lipinski definition) is 3. The molecule has 4 nitrogen and oxygen atoms in total. The molecule has 0 rings (SSSR count). The third-order valence-corrected chi connectivity index (χ3v) is 2.59. The molecule has 0 saturated carbocycles. The Kier molecular flexibility index (Phi) is 10.7. The molecule has 4 heteroatoms. The topological polar surface area (TPSA) is 77.8 Å². The summed E-state index contributed by atoms with van der Waals surface area (Å²) in [4.78, 5) is 9.70. The first-order chi connectivity index (χ1) is 7.27. The van der Waals surface area contributed by atoms with Crippen LogP contribution in [0.15, 0.2) is 0 Å². The highest BCUT2D eigenvalue weighted by atomic mass is 16.4. The minimum absolute atomic E-state index is 0.00921. The van der Waals surface area contributed by atoms with Gasteiger partial charge < -0.3 is 15.3 Å². The van der Waals surface area contributed by atoms with E-state index in [1.54, 1.807) is 13.8 Å². The van der Waals surface area contributed by atoms with E-state index in [9.17, 15) is 9.90 Å². The van der Waals surface area contributed by atoms with Gasteiger partial charge in [0.05, 0.1) is 12.0 Å². The van der Waals surface area contributed by atoms with Gasteiger partial charge in [-0.1, -0.05) is 41.0 Å². The molecule has 3 unspecified atom stereocenters. The fraction of sp³-hybridized carbons (Fsp3) is 0.917. The standard InChI is InChI=1S/C8H18O2.C4H8O2/c1-4-6(2)8(10)7(3)5-9;1-3(2)4(5)6/h6-10H,4-5H2,1-3H3;3H,1-2H3,(H,5,6). The fourth-order valence-corrected chi connectivity index (χ4v) is 0.910. The van der Waals surface area contributed by atoms with Crippen molar-refractivity contribution in [2.75, 3.05) is 6.61 Å². The molecule has 0 spiro atoms. The van der Waals surface area contributed by atoms with Gasteiger partial charge in [0.1, 0.15) is 0 Å². The van der Waals surface area contributed by atoms with E-state index in [-0.39, 0.29) is 24.5 Å². The summed E-state index contributed by atoms with van der Waals surface area (Å²) in [6.45, 7) is 9.25. The Hall–Kier alpha value is -0.610. The van der Waals surface area contributed by atoms with E-state index in [1.807, 2.05) is 20.8 Å². The van der Waals surface area contributed by atoms with Crippen LogP contribution in [0.5, 0.6) is 0 Å². The highest BCUT2D eigenvalue weighted by Crippen LogP contribution is 2.14. The molecule has 0 aliphatic rings. The number of carboxylic acids is 1. The minimum Gasteiger partial charge on any atom is -0.481 e. The maximum absolute atomic E-state index is 9.70. The van der Waals surface area contributed by atoms with Crippen LogP contribution in [0.1, 0.15) is 41.0 Å². The van der Waals surface area contributed by atoms with Crippen molar-refractivity contribution in [2.24, 2.45) is 17.8 Å². The summed E-state index contributed by atoms with van der Waals surface area (Å²) in [6, 6.07) is 0. The normalized spacial score (nSPS) is 16.0. The quantitative estimate of drug-likeness (QED) is 0.677. The molecule has 0 aromatic carbocycles. The van der Waals surface area contributed by atoms with E-state index in [0.29, 0.717) is 5.92 Å². The van der Waals surface area contributed by atoms with E-state index in [1.165, 1.54) is 0 Å². The van der Waals surface area contributed by atoms with Crippen LogP contribution in [0.4, 0.5) is 0 Å². The molecule has 0 aromatic rings. The van der Waals surface area contributed by atoms with Crippen molar-refractivity contribution in [3.05, 3.63) is 0 Å². The highest BCUT2D eigenvalue weighted by Gasteiger charge is 2.18. The van der Waals surface area contributed by atoms with Crippen LogP contribution in [-0.4, -0.2) is 34.0 Å². The van der Waals surface area contributed by atoms with Crippen LogP contribution in [-0.2, 0) is 4.79 Å². The predicted octanol–water partition coefficient (Wildman–Crippen LogP) is 1.75. The van der Waals surface area contributed by atoms with Crippen molar-refractivity contribution in [2.45, 2.75) is 47.1 Å². The Labute approximate surface area is 98.3 Å². The lowest BCUT2D eigenvalue weighted by Crippen LogP contribution is -2.27. The Bertz CT molecular complexity index is 170. The van der Waals surface area contributed by atoms with Gasteiger partial charge in [0.2, 0.25) is 0 Å². The van der Waals surface area contributed by atoms with E-state index in [0.717, 1.165) is 6.42 Å². The van der Waals surface area contributed by atoms with Crippen molar-refractivity contribution in [1.29, 1.82) is 0 Å². The second-order valence-corrected chi connectivity index (χ2v) is 4.53. The molecule has 3 N–H and O–H groups in total. The Morgan fingerprint density at radius 1 is 1.12 bits per heavy atom. The van der Waals surface area contributed by atoms with E-state index >= 15 is 0 Å². The zero-order valence-electron chi connectivity index (χ0n) is 11.0. The number of carbonyl (C=O) groups is 1. The van der Waals surface area contributed by atoms with Crippen LogP contribution in [0.2, 0.25) is 0 Å². The molecule has 0 fully saturated rings. The van der Waals surface area contributed by atoms with Crippen molar-refractivity contribution < 1.29 is 20.1 Å². The molecule has 0 saturated heterocycles. The Balaban J connectivity index is 0. The second-order valence-electron chi connectivity index (χ2n) is 4.53. The SMILES string of the molecule is CC(C)C(=O)O.CCC(C)C(O)C(C)CO. The molecule has 0 heterocycles. The van der Waals surface area contributed by atoms with Gasteiger partial charge in [-0.2, -0.15) is 0 Å². The molecular formula is C12H26O4. The van der Waals surface area contributed by atoms with E-state index < -0.39 is 5.97 Å². The molecule has 0 aliphatic heterocycles. The summed E-state index contributed by atoms with van der Waals surface area (Å²) < 4.78 is 0. The van der Waals surface area contributed by atoms with Gasteiger partial charge in [-0.25, -0.2) is 0 Å². The molecular weight excluding hydrogens is 208 g/mol. The van der Waals surface area contributed by atoms with Crippen molar-refractivity contribution in [1.82, 2.24) is 0 Å². The first-order valence-corrected chi connectivity index (χ1v) is 5.79. The fourth-order valence-electron chi connectivity index (χ4n) is 0.910. The van der Waals surface area contributed by atoms with Crippen LogP contribution >= 0.6 is 0 Å². The zero-order chi connectivity index (χ0) is 13.3. The van der Waals surface area contributed by atoms with Crippen LogP contribution in [0, 0.1) is 17.8 Å². The summed E-state index contributed by atoms with van der Waals surface area (Å²) >= 11 is 0. The van der Waals surface area contributed by atoms with E-state index in [2.05, 4.69) is 0 Å². The van der Waals surface area contributed by atoms with Gasteiger partial charge in [-0.3, -0.25) is 4.79 Å². The zero-order valence-corrected chi connectivity index (χ0v) is 11.0. The monoisotopic (exact) mass is 234 g/mol. The third-order valence-electron chi connectivity index (χ3n) is 2.59. The van der Waals surface area contributed by atoms with Gasteiger partial charge in [0.15, 0.2) is 0 Å². The molecule has 0 bridgehead atoms. The van der Waals surface area contributed by atoms with Crippen molar-refractivity contribution >= 4 is 5.97 Å². The molecule has 3 atom stereocenters. The maximum atomic E-state index is 9.70. The first-order valence-electron chi connectivity index (χ1n) is 5.79. The van der Waals surface area contributed by atoms with Crippen LogP contribution in [0.25, 0.3) is 0 Å². The summed E-state index contributed by atoms with van der Waals surface area (Å²) in [5.74, 6) is -0.669. The lowest BCUT2D eigenvalue weighted by atomic mass is 9.92. The van der Waals surface area contributed by atoms with Crippen molar-refractivity contribution in [3.8, 4) is 0 Å².